The van der Waals surface area contributed by atoms with E-state index >= 15 is 0 Å². The second-order valence-electron chi connectivity index (χ2n) is 11.1. The number of amides is 3. The van der Waals surface area contributed by atoms with Gasteiger partial charge in [0.25, 0.3) is 5.91 Å². The van der Waals surface area contributed by atoms with Crippen molar-refractivity contribution in [2.24, 2.45) is 11.8 Å². The number of hydrogen-bond donors (Lipinski definition) is 1. The number of nitrogens with zero attached hydrogens (tertiary/aromatic N) is 3. The van der Waals surface area contributed by atoms with E-state index in [0.717, 1.165) is 0 Å². The summed E-state index contributed by atoms with van der Waals surface area (Å²) in [5.74, 6) is -1.78. The summed E-state index contributed by atoms with van der Waals surface area (Å²) in [6.45, 7) is 8.42. The maximum atomic E-state index is 14.6. The Bertz CT molecular complexity index is 1350. The standard InChI is InChI=1S/C33H38BrN3O6/c1-4-17-35(22-11-7-6-8-12-22)30(39)26-27-31(40)37(19-9-10-20-38)29(33(27)21-25(34)28(26)43-33)32(41)36(18-5-2)23-13-15-24(42-3)16-14-23/h4-8,11-16,25-29,38H,1-2,9-10,17-21H2,3H3/t25?,26-,27-,28-,29?,33?/m0/s1. The number of unbranched alkanes of at least 4 members (excludes halogenated alkanes) is 1. The number of alkyl halides is 1. The van der Waals surface area contributed by atoms with Crippen LogP contribution in [0.5, 0.6) is 5.75 Å². The maximum Gasteiger partial charge on any atom is 0.253 e. The molecule has 9 nitrogen and oxygen atoms in total. The van der Waals surface area contributed by atoms with E-state index in [1.54, 1.807) is 58.2 Å². The first kappa shape index (κ1) is 31.0. The van der Waals surface area contributed by atoms with Gasteiger partial charge in [-0.15, -0.1) is 13.2 Å². The quantitative estimate of drug-likeness (QED) is 0.200. The van der Waals surface area contributed by atoms with Gasteiger partial charge in [0.05, 0.1) is 25.0 Å². The highest BCUT2D eigenvalue weighted by Crippen LogP contribution is 2.60. The number of ether oxygens (including phenoxy) is 2. The Kier molecular flexibility index (Phi) is 9.39. The molecule has 3 fully saturated rings. The van der Waals surface area contributed by atoms with E-state index in [1.807, 2.05) is 30.3 Å². The molecule has 3 saturated heterocycles. The van der Waals surface area contributed by atoms with Crippen LogP contribution < -0.4 is 14.5 Å². The van der Waals surface area contributed by atoms with Crippen molar-refractivity contribution in [3.8, 4) is 5.75 Å². The van der Waals surface area contributed by atoms with Crippen molar-refractivity contribution >= 4 is 45.0 Å². The lowest BCUT2D eigenvalue weighted by Gasteiger charge is -2.37. The Hall–Kier alpha value is -3.47. The molecule has 5 rings (SSSR count). The molecular weight excluding hydrogens is 614 g/mol. The van der Waals surface area contributed by atoms with Gasteiger partial charge in [-0.2, -0.15) is 0 Å². The Morgan fingerprint density at radius 1 is 1.05 bits per heavy atom. The van der Waals surface area contributed by atoms with Crippen molar-refractivity contribution in [2.45, 2.75) is 41.8 Å². The molecule has 3 aliphatic rings. The third-order valence-electron chi connectivity index (χ3n) is 8.72. The van der Waals surface area contributed by atoms with Crippen molar-refractivity contribution in [2.75, 3.05) is 43.2 Å². The van der Waals surface area contributed by atoms with E-state index in [4.69, 9.17) is 9.47 Å². The average molecular weight is 653 g/mol. The number of benzene rings is 2. The van der Waals surface area contributed by atoms with Crippen LogP contribution in [0.1, 0.15) is 19.3 Å². The van der Waals surface area contributed by atoms with Crippen molar-refractivity contribution in [1.29, 1.82) is 0 Å². The van der Waals surface area contributed by atoms with Crippen molar-refractivity contribution in [1.82, 2.24) is 4.90 Å². The van der Waals surface area contributed by atoms with E-state index in [2.05, 4.69) is 29.1 Å². The Morgan fingerprint density at radius 3 is 2.28 bits per heavy atom. The molecule has 0 aromatic heterocycles. The second kappa shape index (κ2) is 13.0. The second-order valence-corrected chi connectivity index (χ2v) is 12.3. The van der Waals surface area contributed by atoms with Gasteiger partial charge >= 0.3 is 0 Å². The predicted molar refractivity (Wildman–Crippen MR) is 168 cm³/mol. The number of fused-ring (bicyclic) bond motifs is 1. The summed E-state index contributed by atoms with van der Waals surface area (Å²) in [5.41, 5.74) is 0.129. The van der Waals surface area contributed by atoms with Crippen LogP contribution in [-0.2, 0) is 19.1 Å². The molecule has 10 heteroatoms. The number of carbonyl (C=O) groups excluding carboxylic acids is 3. The zero-order valence-electron chi connectivity index (χ0n) is 24.3. The molecule has 3 unspecified atom stereocenters. The molecule has 43 heavy (non-hydrogen) atoms. The topological polar surface area (TPSA) is 99.6 Å². The number of methoxy groups -OCH3 is 1. The maximum absolute atomic E-state index is 14.6. The first-order chi connectivity index (χ1) is 20.8. The lowest BCUT2D eigenvalue weighted by Crippen LogP contribution is -2.57. The molecule has 2 bridgehead atoms. The normalized spacial score (nSPS) is 27.1. The van der Waals surface area contributed by atoms with Gasteiger partial charge in [0.15, 0.2) is 0 Å². The molecule has 2 aromatic rings. The number of rotatable bonds is 13. The molecule has 2 aromatic carbocycles. The van der Waals surface area contributed by atoms with Gasteiger partial charge in [-0.25, -0.2) is 0 Å². The van der Waals surface area contributed by atoms with Crippen LogP contribution in [0.4, 0.5) is 11.4 Å². The molecule has 3 aliphatic heterocycles. The first-order valence-corrected chi connectivity index (χ1v) is 15.5. The van der Waals surface area contributed by atoms with Crippen LogP contribution in [0.25, 0.3) is 0 Å². The van der Waals surface area contributed by atoms with E-state index < -0.39 is 29.6 Å². The van der Waals surface area contributed by atoms with E-state index in [-0.39, 0.29) is 48.8 Å². The van der Waals surface area contributed by atoms with Crippen LogP contribution in [0, 0.1) is 11.8 Å². The van der Waals surface area contributed by atoms with E-state index in [9.17, 15) is 19.5 Å². The van der Waals surface area contributed by atoms with Gasteiger partial charge in [-0.05, 0) is 55.7 Å². The van der Waals surface area contributed by atoms with Gasteiger partial charge in [-0.1, -0.05) is 46.3 Å². The zero-order chi connectivity index (χ0) is 30.7. The molecule has 228 valence electrons. The number of hydrogen-bond acceptors (Lipinski definition) is 6. The SMILES string of the molecule is C=CCN(C(=O)C1N(CCCCO)C(=O)[C@@H]2[C@H](C(=O)N(CC=C)c3ccccc3)[C@H]3OC12CC3Br)c1ccc(OC)cc1. The summed E-state index contributed by atoms with van der Waals surface area (Å²) in [6, 6.07) is 15.5. The van der Waals surface area contributed by atoms with Gasteiger partial charge < -0.3 is 29.3 Å². The Labute approximate surface area is 260 Å². The molecule has 1 N–H and O–H groups in total. The highest BCUT2D eigenvalue weighted by Gasteiger charge is 2.76. The Balaban J connectivity index is 1.56. The minimum Gasteiger partial charge on any atom is -0.497 e. The van der Waals surface area contributed by atoms with Crippen LogP contribution in [0.2, 0.25) is 0 Å². The fourth-order valence-corrected chi connectivity index (χ4v) is 7.87. The summed E-state index contributed by atoms with van der Waals surface area (Å²) >= 11 is 3.75. The van der Waals surface area contributed by atoms with Gasteiger partial charge in [0.2, 0.25) is 11.8 Å². The van der Waals surface area contributed by atoms with E-state index in [0.29, 0.717) is 36.4 Å². The first-order valence-electron chi connectivity index (χ1n) is 14.6. The minimum absolute atomic E-state index is 0.0274. The average Bonchev–Trinajstić information content (AvgIpc) is 3.62. The molecule has 0 radical (unpaired) electrons. The smallest absolute Gasteiger partial charge is 0.253 e. The summed E-state index contributed by atoms with van der Waals surface area (Å²) in [5, 5.41) is 9.48. The number of anilines is 2. The summed E-state index contributed by atoms with van der Waals surface area (Å²) in [4.78, 5) is 48.0. The van der Waals surface area contributed by atoms with Crippen molar-refractivity contribution in [3.05, 3.63) is 79.9 Å². The molecule has 0 saturated carbocycles. The lowest BCUT2D eigenvalue weighted by molar-refractivity contribution is -0.140. The summed E-state index contributed by atoms with van der Waals surface area (Å²) in [6.07, 6.45) is 4.11. The third-order valence-corrected chi connectivity index (χ3v) is 9.57. The highest BCUT2D eigenvalue weighted by molar-refractivity contribution is 9.09. The lowest BCUT2D eigenvalue weighted by atomic mass is 9.70. The molecule has 3 heterocycles. The third kappa shape index (κ3) is 5.41. The number of likely N-dealkylation sites (tertiary alicyclic amines) is 1. The van der Waals surface area contributed by atoms with Crippen LogP contribution in [0.15, 0.2) is 79.9 Å². The van der Waals surface area contributed by atoms with Gasteiger partial charge in [-0.3, -0.25) is 14.4 Å². The molecular formula is C33H38BrN3O6. The number of carbonyl (C=O) groups is 3. The summed E-state index contributed by atoms with van der Waals surface area (Å²) in [7, 11) is 1.58. The number of aliphatic hydroxyl groups excluding tert-OH is 1. The van der Waals surface area contributed by atoms with Crippen LogP contribution in [-0.4, -0.2) is 83.7 Å². The van der Waals surface area contributed by atoms with E-state index in [1.165, 1.54) is 0 Å². The van der Waals surface area contributed by atoms with Gasteiger partial charge in [0.1, 0.15) is 17.4 Å². The minimum atomic E-state index is -1.20. The fourth-order valence-electron chi connectivity index (χ4n) is 6.93. The number of para-hydroxylation sites is 1. The molecule has 0 aliphatic carbocycles. The van der Waals surface area contributed by atoms with Crippen molar-refractivity contribution < 1.29 is 29.0 Å². The fraction of sp³-hybridized carbons (Fsp3) is 0.424. The Morgan fingerprint density at radius 2 is 1.67 bits per heavy atom. The monoisotopic (exact) mass is 651 g/mol. The van der Waals surface area contributed by atoms with Crippen molar-refractivity contribution in [3.63, 3.8) is 0 Å². The largest absolute Gasteiger partial charge is 0.497 e. The summed E-state index contributed by atoms with van der Waals surface area (Å²) < 4.78 is 12.0. The van der Waals surface area contributed by atoms with Gasteiger partial charge in [0, 0.05) is 42.4 Å². The highest BCUT2D eigenvalue weighted by atomic mass is 79.9. The van der Waals surface area contributed by atoms with Crippen LogP contribution in [0.3, 0.4) is 0 Å². The molecule has 6 atom stereocenters. The zero-order valence-corrected chi connectivity index (χ0v) is 25.9. The number of aliphatic hydroxyl groups is 1. The molecule has 3 amide bonds. The number of halogens is 1. The van der Waals surface area contributed by atoms with Crippen LogP contribution >= 0.6 is 15.9 Å². The predicted octanol–water partition coefficient (Wildman–Crippen LogP) is 3.95. The molecule has 1 spiro atoms.